The number of hydrogen-bond acceptors (Lipinski definition) is 2. The summed E-state index contributed by atoms with van der Waals surface area (Å²) in [6.45, 7) is 2.82. The lowest BCUT2D eigenvalue weighted by atomic mass is 9.82. The molecular formula is C17H24O2. The Labute approximate surface area is 116 Å². The van der Waals surface area contributed by atoms with E-state index in [-0.39, 0.29) is 6.10 Å². The molecule has 2 rings (SSSR count). The summed E-state index contributed by atoms with van der Waals surface area (Å²) in [5.41, 5.74) is 2.90. The molecule has 0 N–H and O–H groups in total. The molecule has 2 heteroatoms. The van der Waals surface area contributed by atoms with Crippen LogP contribution in [0, 0.1) is 0 Å². The summed E-state index contributed by atoms with van der Waals surface area (Å²) in [5, 5.41) is 0. The van der Waals surface area contributed by atoms with Crippen molar-refractivity contribution in [2.75, 3.05) is 0 Å². The van der Waals surface area contributed by atoms with Gasteiger partial charge < -0.3 is 4.74 Å². The maximum atomic E-state index is 10.3. The molecule has 0 saturated heterocycles. The van der Waals surface area contributed by atoms with Gasteiger partial charge in [0.25, 0.3) is 6.47 Å². The first-order chi connectivity index (χ1) is 9.33. The number of rotatable bonds is 6. The van der Waals surface area contributed by atoms with E-state index < -0.39 is 0 Å². The van der Waals surface area contributed by atoms with Crippen LogP contribution in [0.4, 0.5) is 0 Å². The molecule has 0 bridgehead atoms. The molecule has 0 unspecified atom stereocenters. The molecule has 0 amide bonds. The lowest BCUT2D eigenvalue weighted by Gasteiger charge is -2.27. The second kappa shape index (κ2) is 7.32. The Kier molecular flexibility index (Phi) is 5.44. The van der Waals surface area contributed by atoms with Gasteiger partial charge in [0.05, 0.1) is 0 Å². The molecule has 0 aromatic heterocycles. The van der Waals surface area contributed by atoms with E-state index in [9.17, 15) is 4.79 Å². The van der Waals surface area contributed by atoms with Gasteiger partial charge in [-0.1, -0.05) is 37.6 Å². The van der Waals surface area contributed by atoms with Crippen molar-refractivity contribution < 1.29 is 9.53 Å². The van der Waals surface area contributed by atoms with Gasteiger partial charge in [0.2, 0.25) is 0 Å². The highest BCUT2D eigenvalue weighted by Gasteiger charge is 2.22. The van der Waals surface area contributed by atoms with E-state index in [0.717, 1.165) is 25.7 Å². The van der Waals surface area contributed by atoms with Crippen molar-refractivity contribution in [1.82, 2.24) is 0 Å². The van der Waals surface area contributed by atoms with Crippen LogP contribution >= 0.6 is 0 Å². The minimum absolute atomic E-state index is 0.151. The van der Waals surface area contributed by atoms with E-state index in [2.05, 4.69) is 31.2 Å². The Hall–Kier alpha value is -1.31. The number of hydrogen-bond donors (Lipinski definition) is 0. The van der Waals surface area contributed by atoms with Crippen LogP contribution in [0.2, 0.25) is 0 Å². The SMILES string of the molecule is CCCCc1ccc(C2CCC(OC=O)CC2)cc1. The van der Waals surface area contributed by atoms with Crippen LogP contribution in [0.1, 0.15) is 62.5 Å². The minimum Gasteiger partial charge on any atom is -0.465 e. The fourth-order valence-corrected chi connectivity index (χ4v) is 2.95. The molecule has 1 fully saturated rings. The zero-order valence-electron chi connectivity index (χ0n) is 11.8. The lowest BCUT2D eigenvalue weighted by Crippen LogP contribution is -2.20. The van der Waals surface area contributed by atoms with E-state index in [1.807, 2.05) is 0 Å². The number of carbonyl (C=O) groups is 1. The average molecular weight is 260 g/mol. The summed E-state index contributed by atoms with van der Waals surface area (Å²) in [7, 11) is 0. The Balaban J connectivity index is 1.87. The van der Waals surface area contributed by atoms with Crippen LogP contribution in [-0.2, 0) is 16.0 Å². The zero-order chi connectivity index (χ0) is 13.5. The fraction of sp³-hybridized carbons (Fsp3) is 0.588. The van der Waals surface area contributed by atoms with Crippen LogP contribution in [-0.4, -0.2) is 12.6 Å². The largest absolute Gasteiger partial charge is 0.465 e. The maximum absolute atomic E-state index is 10.3. The van der Waals surface area contributed by atoms with E-state index in [4.69, 9.17) is 4.74 Å². The number of benzene rings is 1. The van der Waals surface area contributed by atoms with E-state index in [1.54, 1.807) is 0 Å². The van der Waals surface area contributed by atoms with Crippen LogP contribution in [0.15, 0.2) is 24.3 Å². The van der Waals surface area contributed by atoms with Crippen LogP contribution < -0.4 is 0 Å². The van der Waals surface area contributed by atoms with Gasteiger partial charge in [-0.2, -0.15) is 0 Å². The molecule has 0 radical (unpaired) electrons. The monoisotopic (exact) mass is 260 g/mol. The molecule has 1 aromatic carbocycles. The lowest BCUT2D eigenvalue weighted by molar-refractivity contribution is -0.135. The highest BCUT2D eigenvalue weighted by atomic mass is 16.5. The second-order valence-corrected chi connectivity index (χ2v) is 5.55. The first-order valence-electron chi connectivity index (χ1n) is 7.51. The fourth-order valence-electron chi connectivity index (χ4n) is 2.95. The summed E-state index contributed by atoms with van der Waals surface area (Å²) in [5.74, 6) is 0.645. The summed E-state index contributed by atoms with van der Waals surface area (Å²) < 4.78 is 5.05. The van der Waals surface area contributed by atoms with Gasteiger partial charge in [-0.15, -0.1) is 0 Å². The highest BCUT2D eigenvalue weighted by Crippen LogP contribution is 2.33. The normalized spacial score (nSPS) is 23.0. The molecule has 1 aliphatic carbocycles. The third-order valence-corrected chi connectivity index (χ3v) is 4.19. The van der Waals surface area contributed by atoms with Crippen LogP contribution in [0.25, 0.3) is 0 Å². The Bertz CT molecular complexity index is 375. The van der Waals surface area contributed by atoms with Gasteiger partial charge in [-0.05, 0) is 55.6 Å². The van der Waals surface area contributed by atoms with Gasteiger partial charge in [-0.25, -0.2) is 0 Å². The van der Waals surface area contributed by atoms with Crippen molar-refractivity contribution in [1.29, 1.82) is 0 Å². The third-order valence-electron chi connectivity index (χ3n) is 4.19. The van der Waals surface area contributed by atoms with Crippen LogP contribution in [0.5, 0.6) is 0 Å². The van der Waals surface area contributed by atoms with Crippen molar-refractivity contribution in [3.05, 3.63) is 35.4 Å². The first kappa shape index (κ1) is 14.1. The van der Waals surface area contributed by atoms with Gasteiger partial charge in [0.1, 0.15) is 6.10 Å². The molecule has 0 atom stereocenters. The second-order valence-electron chi connectivity index (χ2n) is 5.55. The van der Waals surface area contributed by atoms with E-state index in [1.165, 1.54) is 30.4 Å². The standard InChI is InChI=1S/C17H24O2/c1-2-3-4-14-5-7-15(8-6-14)16-9-11-17(12-10-16)19-13-18/h5-8,13,16-17H,2-4,9-12H2,1H3. The Morgan fingerprint density at radius 2 is 1.84 bits per heavy atom. The number of carbonyl (C=O) groups excluding carboxylic acids is 1. The van der Waals surface area contributed by atoms with Crippen molar-refractivity contribution in [2.24, 2.45) is 0 Å². The minimum atomic E-state index is 0.151. The quantitative estimate of drug-likeness (QED) is 0.715. The molecule has 104 valence electrons. The highest BCUT2D eigenvalue weighted by molar-refractivity contribution is 5.37. The molecular weight excluding hydrogens is 236 g/mol. The topological polar surface area (TPSA) is 26.3 Å². The Morgan fingerprint density at radius 3 is 2.42 bits per heavy atom. The molecule has 0 heterocycles. The van der Waals surface area contributed by atoms with Gasteiger partial charge in [0.15, 0.2) is 0 Å². The average Bonchev–Trinajstić information content (AvgIpc) is 2.47. The van der Waals surface area contributed by atoms with Crippen molar-refractivity contribution in [3.63, 3.8) is 0 Å². The number of ether oxygens (including phenoxy) is 1. The van der Waals surface area contributed by atoms with Gasteiger partial charge in [0, 0.05) is 0 Å². The maximum Gasteiger partial charge on any atom is 0.293 e. The van der Waals surface area contributed by atoms with Crippen molar-refractivity contribution in [3.8, 4) is 0 Å². The smallest absolute Gasteiger partial charge is 0.293 e. The zero-order valence-corrected chi connectivity index (χ0v) is 11.8. The summed E-state index contributed by atoms with van der Waals surface area (Å²) in [6.07, 6.45) is 8.13. The molecule has 0 spiro atoms. The summed E-state index contributed by atoms with van der Waals surface area (Å²) >= 11 is 0. The number of unbranched alkanes of at least 4 members (excludes halogenated alkanes) is 1. The van der Waals surface area contributed by atoms with Gasteiger partial charge >= 0.3 is 0 Å². The number of aryl methyl sites for hydroxylation is 1. The predicted molar refractivity (Wildman–Crippen MR) is 77.2 cm³/mol. The third kappa shape index (κ3) is 4.09. The molecule has 2 nitrogen and oxygen atoms in total. The van der Waals surface area contributed by atoms with Crippen LogP contribution in [0.3, 0.4) is 0 Å². The molecule has 1 aromatic rings. The van der Waals surface area contributed by atoms with E-state index >= 15 is 0 Å². The Morgan fingerprint density at radius 1 is 1.16 bits per heavy atom. The molecule has 0 aliphatic heterocycles. The summed E-state index contributed by atoms with van der Waals surface area (Å²) in [6, 6.07) is 9.13. The molecule has 19 heavy (non-hydrogen) atoms. The van der Waals surface area contributed by atoms with Crippen molar-refractivity contribution in [2.45, 2.75) is 63.9 Å². The van der Waals surface area contributed by atoms with Gasteiger partial charge in [-0.3, -0.25) is 4.79 Å². The van der Waals surface area contributed by atoms with Crippen molar-refractivity contribution >= 4 is 6.47 Å². The van der Waals surface area contributed by atoms with E-state index in [0.29, 0.717) is 12.4 Å². The first-order valence-corrected chi connectivity index (χ1v) is 7.51. The molecule has 1 aliphatic rings. The predicted octanol–water partition coefficient (Wildman–Crippen LogP) is 4.23. The summed E-state index contributed by atoms with van der Waals surface area (Å²) in [4.78, 5) is 10.3. The molecule has 1 saturated carbocycles.